The SMILES string of the molecule is Cc1cccc(-c2noc([C@H]3CCCN3C(=O)c3cccc(Br)c3)n2)c1. The molecule has 132 valence electrons. The van der Waals surface area contributed by atoms with Crippen LogP contribution in [-0.4, -0.2) is 27.5 Å². The van der Waals surface area contributed by atoms with Gasteiger partial charge >= 0.3 is 0 Å². The van der Waals surface area contributed by atoms with Crippen molar-refractivity contribution in [2.24, 2.45) is 0 Å². The molecule has 4 rings (SSSR count). The van der Waals surface area contributed by atoms with Crippen LogP contribution in [0.4, 0.5) is 0 Å². The number of aryl methyl sites for hydroxylation is 1. The number of hydrogen-bond donors (Lipinski definition) is 0. The van der Waals surface area contributed by atoms with E-state index in [0.29, 0.717) is 23.8 Å². The third-order valence-electron chi connectivity index (χ3n) is 4.59. The fourth-order valence-corrected chi connectivity index (χ4v) is 3.73. The average Bonchev–Trinajstić information content (AvgIpc) is 3.30. The molecule has 3 aromatic rings. The smallest absolute Gasteiger partial charge is 0.254 e. The Labute approximate surface area is 160 Å². The number of hydrogen-bond acceptors (Lipinski definition) is 4. The van der Waals surface area contributed by atoms with E-state index in [1.54, 1.807) is 0 Å². The minimum atomic E-state index is -0.174. The highest BCUT2D eigenvalue weighted by Gasteiger charge is 2.34. The summed E-state index contributed by atoms with van der Waals surface area (Å²) in [6.45, 7) is 2.72. The second-order valence-electron chi connectivity index (χ2n) is 6.49. The molecule has 0 saturated carbocycles. The zero-order valence-electron chi connectivity index (χ0n) is 14.4. The van der Waals surface area contributed by atoms with Gasteiger partial charge in [-0.15, -0.1) is 0 Å². The minimum Gasteiger partial charge on any atom is -0.337 e. The number of nitrogens with zero attached hydrogens (tertiary/aromatic N) is 3. The highest BCUT2D eigenvalue weighted by molar-refractivity contribution is 9.10. The molecular weight excluding hydrogens is 394 g/mol. The van der Waals surface area contributed by atoms with E-state index in [2.05, 4.69) is 26.1 Å². The van der Waals surface area contributed by atoms with Crippen LogP contribution in [0.1, 0.15) is 40.7 Å². The molecule has 26 heavy (non-hydrogen) atoms. The second-order valence-corrected chi connectivity index (χ2v) is 7.41. The van der Waals surface area contributed by atoms with Gasteiger partial charge in [0.25, 0.3) is 5.91 Å². The van der Waals surface area contributed by atoms with Crippen molar-refractivity contribution in [3.8, 4) is 11.4 Å². The molecule has 1 saturated heterocycles. The quantitative estimate of drug-likeness (QED) is 0.621. The maximum Gasteiger partial charge on any atom is 0.254 e. The summed E-state index contributed by atoms with van der Waals surface area (Å²) in [5.74, 6) is 1.05. The molecular formula is C20H18BrN3O2. The van der Waals surface area contributed by atoms with Crippen molar-refractivity contribution >= 4 is 21.8 Å². The van der Waals surface area contributed by atoms with Crippen LogP contribution >= 0.6 is 15.9 Å². The standard InChI is InChI=1S/C20H18BrN3O2/c1-13-5-2-6-14(11-13)18-22-19(26-23-18)17-9-4-10-24(17)20(25)15-7-3-8-16(21)12-15/h2-3,5-8,11-12,17H,4,9-10H2,1H3/t17-/m1/s1. The zero-order chi connectivity index (χ0) is 18.1. The van der Waals surface area contributed by atoms with Crippen LogP contribution in [-0.2, 0) is 0 Å². The van der Waals surface area contributed by atoms with Crippen molar-refractivity contribution in [3.05, 3.63) is 70.0 Å². The molecule has 2 heterocycles. The van der Waals surface area contributed by atoms with Gasteiger partial charge in [0, 0.05) is 22.1 Å². The Morgan fingerprint density at radius 3 is 2.88 bits per heavy atom. The van der Waals surface area contributed by atoms with Crippen LogP contribution in [0.5, 0.6) is 0 Å². The van der Waals surface area contributed by atoms with Crippen molar-refractivity contribution in [2.45, 2.75) is 25.8 Å². The molecule has 1 aliphatic heterocycles. The van der Waals surface area contributed by atoms with E-state index in [9.17, 15) is 4.79 Å². The summed E-state index contributed by atoms with van der Waals surface area (Å²) in [4.78, 5) is 19.3. The molecule has 0 N–H and O–H groups in total. The van der Waals surface area contributed by atoms with Gasteiger partial charge < -0.3 is 9.42 Å². The first-order chi connectivity index (χ1) is 12.6. The Hall–Kier alpha value is -2.47. The maximum atomic E-state index is 12.9. The maximum absolute atomic E-state index is 12.9. The molecule has 1 aromatic heterocycles. The van der Waals surface area contributed by atoms with Gasteiger partial charge in [-0.25, -0.2) is 0 Å². The Kier molecular flexibility index (Phi) is 4.59. The van der Waals surface area contributed by atoms with E-state index in [1.807, 2.05) is 60.4 Å². The van der Waals surface area contributed by atoms with Crippen molar-refractivity contribution in [1.29, 1.82) is 0 Å². The van der Waals surface area contributed by atoms with E-state index < -0.39 is 0 Å². The summed E-state index contributed by atoms with van der Waals surface area (Å²) < 4.78 is 6.41. The lowest BCUT2D eigenvalue weighted by atomic mass is 10.1. The van der Waals surface area contributed by atoms with Crippen LogP contribution in [0.2, 0.25) is 0 Å². The van der Waals surface area contributed by atoms with Gasteiger partial charge in [-0.05, 0) is 44.0 Å². The van der Waals surface area contributed by atoms with Crippen molar-refractivity contribution in [1.82, 2.24) is 15.0 Å². The number of amides is 1. The molecule has 0 radical (unpaired) electrons. The van der Waals surface area contributed by atoms with Gasteiger partial charge in [0.1, 0.15) is 6.04 Å². The Morgan fingerprint density at radius 2 is 2.08 bits per heavy atom. The number of carbonyl (C=O) groups is 1. The van der Waals surface area contributed by atoms with Crippen LogP contribution < -0.4 is 0 Å². The second kappa shape index (κ2) is 7.03. The number of halogens is 1. The lowest BCUT2D eigenvalue weighted by Crippen LogP contribution is -2.30. The first-order valence-corrected chi connectivity index (χ1v) is 9.38. The molecule has 1 fully saturated rings. The van der Waals surface area contributed by atoms with Gasteiger partial charge in [0.2, 0.25) is 11.7 Å². The van der Waals surface area contributed by atoms with Crippen molar-refractivity contribution < 1.29 is 9.32 Å². The van der Waals surface area contributed by atoms with E-state index in [1.165, 1.54) is 0 Å². The first kappa shape index (κ1) is 17.0. The summed E-state index contributed by atoms with van der Waals surface area (Å²) in [5.41, 5.74) is 2.72. The largest absolute Gasteiger partial charge is 0.337 e. The molecule has 0 bridgehead atoms. The highest BCUT2D eigenvalue weighted by atomic mass is 79.9. The number of rotatable bonds is 3. The monoisotopic (exact) mass is 411 g/mol. The van der Waals surface area contributed by atoms with Gasteiger partial charge in [-0.3, -0.25) is 4.79 Å². The first-order valence-electron chi connectivity index (χ1n) is 8.59. The molecule has 0 unspecified atom stereocenters. The van der Waals surface area contributed by atoms with Gasteiger partial charge in [-0.2, -0.15) is 4.98 Å². The fraction of sp³-hybridized carbons (Fsp3) is 0.250. The molecule has 5 nitrogen and oxygen atoms in total. The number of aromatic nitrogens is 2. The highest BCUT2D eigenvalue weighted by Crippen LogP contribution is 2.33. The lowest BCUT2D eigenvalue weighted by molar-refractivity contribution is 0.0710. The van der Waals surface area contributed by atoms with E-state index >= 15 is 0 Å². The Balaban J connectivity index is 1.60. The van der Waals surface area contributed by atoms with Crippen LogP contribution in [0.15, 0.2) is 57.5 Å². The molecule has 1 atom stereocenters. The fourth-order valence-electron chi connectivity index (χ4n) is 3.33. The number of benzene rings is 2. The molecule has 6 heteroatoms. The molecule has 1 amide bonds. The molecule has 0 aliphatic carbocycles. The summed E-state index contributed by atoms with van der Waals surface area (Å²) in [5, 5.41) is 4.12. The third kappa shape index (κ3) is 3.29. The van der Waals surface area contributed by atoms with Crippen LogP contribution in [0, 0.1) is 6.92 Å². The predicted molar refractivity (Wildman–Crippen MR) is 102 cm³/mol. The Bertz CT molecular complexity index is 953. The number of likely N-dealkylation sites (tertiary alicyclic amines) is 1. The normalized spacial score (nSPS) is 16.8. The van der Waals surface area contributed by atoms with Gasteiger partial charge in [0.15, 0.2) is 0 Å². The van der Waals surface area contributed by atoms with Crippen molar-refractivity contribution in [3.63, 3.8) is 0 Å². The summed E-state index contributed by atoms with van der Waals surface area (Å²) in [7, 11) is 0. The minimum absolute atomic E-state index is 0.0101. The van der Waals surface area contributed by atoms with Crippen molar-refractivity contribution in [2.75, 3.05) is 6.54 Å². The van der Waals surface area contributed by atoms with Gasteiger partial charge in [-0.1, -0.05) is 50.9 Å². The Morgan fingerprint density at radius 1 is 1.23 bits per heavy atom. The van der Waals surface area contributed by atoms with Crippen LogP contribution in [0.3, 0.4) is 0 Å². The lowest BCUT2D eigenvalue weighted by Gasteiger charge is -2.22. The number of carbonyl (C=O) groups excluding carboxylic acids is 1. The summed E-state index contributed by atoms with van der Waals surface area (Å²) >= 11 is 3.42. The summed E-state index contributed by atoms with van der Waals surface area (Å²) in [6.07, 6.45) is 1.75. The molecule has 0 spiro atoms. The van der Waals surface area contributed by atoms with Gasteiger partial charge in [0.05, 0.1) is 0 Å². The third-order valence-corrected chi connectivity index (χ3v) is 5.08. The van der Waals surface area contributed by atoms with E-state index in [4.69, 9.17) is 4.52 Å². The predicted octanol–water partition coefficient (Wildman–Crippen LogP) is 4.78. The van der Waals surface area contributed by atoms with Crippen LogP contribution in [0.25, 0.3) is 11.4 Å². The van der Waals surface area contributed by atoms with E-state index in [0.717, 1.165) is 28.4 Å². The summed E-state index contributed by atoms with van der Waals surface area (Å²) in [6, 6.07) is 15.2. The molecule has 2 aromatic carbocycles. The molecule has 1 aliphatic rings. The zero-order valence-corrected chi connectivity index (χ0v) is 15.9. The topological polar surface area (TPSA) is 59.2 Å². The average molecular weight is 412 g/mol. The van der Waals surface area contributed by atoms with E-state index in [-0.39, 0.29) is 11.9 Å².